The molecule has 3 rings (SSSR count). The molecule has 0 spiro atoms. The number of piperidine rings is 1. The number of sulfonamides is 1. The SMILES string of the molecule is O=C(COC(=O)C1CCN(S(=O)(=O)c2ccccc2)CC1)NCCCc1ccccc1. The number of nitrogens with zero attached hydrogens (tertiary/aromatic N) is 1. The highest BCUT2D eigenvalue weighted by molar-refractivity contribution is 7.89. The molecule has 0 saturated carbocycles. The van der Waals surface area contributed by atoms with Gasteiger partial charge in [-0.2, -0.15) is 4.31 Å². The summed E-state index contributed by atoms with van der Waals surface area (Å²) in [6.45, 7) is 0.707. The van der Waals surface area contributed by atoms with Gasteiger partial charge in [0.2, 0.25) is 10.0 Å². The number of hydrogen-bond donors (Lipinski definition) is 1. The molecule has 8 heteroatoms. The van der Waals surface area contributed by atoms with Crippen molar-refractivity contribution in [3.63, 3.8) is 0 Å². The molecule has 0 atom stereocenters. The van der Waals surface area contributed by atoms with Crippen LogP contribution in [0.25, 0.3) is 0 Å². The van der Waals surface area contributed by atoms with Gasteiger partial charge in [-0.1, -0.05) is 48.5 Å². The molecule has 1 amide bonds. The number of benzene rings is 2. The predicted molar refractivity (Wildman–Crippen MR) is 117 cm³/mol. The van der Waals surface area contributed by atoms with Crippen LogP contribution in [0.2, 0.25) is 0 Å². The molecular formula is C23H28N2O5S. The molecule has 31 heavy (non-hydrogen) atoms. The number of carbonyl (C=O) groups is 2. The number of nitrogens with one attached hydrogen (secondary N) is 1. The van der Waals surface area contributed by atoms with E-state index < -0.39 is 21.9 Å². The third-order valence-corrected chi connectivity index (χ3v) is 7.23. The zero-order chi connectivity index (χ0) is 22.1. The number of hydrogen-bond acceptors (Lipinski definition) is 5. The maximum Gasteiger partial charge on any atom is 0.309 e. The Morgan fingerprint density at radius 3 is 2.23 bits per heavy atom. The van der Waals surface area contributed by atoms with Gasteiger partial charge in [-0.25, -0.2) is 8.42 Å². The van der Waals surface area contributed by atoms with Crippen LogP contribution in [0.3, 0.4) is 0 Å². The summed E-state index contributed by atoms with van der Waals surface area (Å²) in [7, 11) is -3.55. The van der Waals surface area contributed by atoms with E-state index in [2.05, 4.69) is 5.32 Å². The summed E-state index contributed by atoms with van der Waals surface area (Å²) < 4.78 is 31.8. The van der Waals surface area contributed by atoms with Crippen molar-refractivity contribution in [3.05, 3.63) is 66.2 Å². The zero-order valence-electron chi connectivity index (χ0n) is 17.4. The van der Waals surface area contributed by atoms with E-state index >= 15 is 0 Å². The average molecular weight is 445 g/mol. The summed E-state index contributed by atoms with van der Waals surface area (Å²) in [6.07, 6.45) is 2.43. The second-order valence-corrected chi connectivity index (χ2v) is 9.48. The van der Waals surface area contributed by atoms with Gasteiger partial charge in [-0.3, -0.25) is 9.59 Å². The molecule has 7 nitrogen and oxygen atoms in total. The molecule has 2 aromatic rings. The number of esters is 1. The van der Waals surface area contributed by atoms with Gasteiger partial charge < -0.3 is 10.1 Å². The highest BCUT2D eigenvalue weighted by atomic mass is 32.2. The minimum absolute atomic E-state index is 0.250. The van der Waals surface area contributed by atoms with Crippen molar-refractivity contribution in [2.75, 3.05) is 26.2 Å². The summed E-state index contributed by atoms with van der Waals surface area (Å²) in [4.78, 5) is 24.4. The van der Waals surface area contributed by atoms with Crippen molar-refractivity contribution in [3.8, 4) is 0 Å². The minimum Gasteiger partial charge on any atom is -0.455 e. The lowest BCUT2D eigenvalue weighted by molar-refractivity contribution is -0.153. The maximum atomic E-state index is 12.7. The van der Waals surface area contributed by atoms with Crippen LogP contribution in [-0.2, 0) is 30.8 Å². The van der Waals surface area contributed by atoms with Crippen molar-refractivity contribution in [1.29, 1.82) is 0 Å². The summed E-state index contributed by atoms with van der Waals surface area (Å²) >= 11 is 0. The number of rotatable bonds is 9. The molecule has 0 bridgehead atoms. The largest absolute Gasteiger partial charge is 0.455 e. The van der Waals surface area contributed by atoms with Gasteiger partial charge in [-0.05, 0) is 43.4 Å². The molecule has 1 heterocycles. The molecular weight excluding hydrogens is 416 g/mol. The van der Waals surface area contributed by atoms with Crippen molar-refractivity contribution in [2.45, 2.75) is 30.6 Å². The van der Waals surface area contributed by atoms with Crippen molar-refractivity contribution in [1.82, 2.24) is 9.62 Å². The maximum absolute atomic E-state index is 12.7. The van der Waals surface area contributed by atoms with E-state index in [9.17, 15) is 18.0 Å². The van der Waals surface area contributed by atoms with Crippen LogP contribution in [0.15, 0.2) is 65.6 Å². The van der Waals surface area contributed by atoms with Crippen LogP contribution in [-0.4, -0.2) is 50.8 Å². The second kappa shape index (κ2) is 11.1. The highest BCUT2D eigenvalue weighted by Gasteiger charge is 2.32. The third kappa shape index (κ3) is 6.63. The first-order valence-electron chi connectivity index (χ1n) is 10.5. The van der Waals surface area contributed by atoms with Gasteiger partial charge in [0.15, 0.2) is 6.61 Å². The van der Waals surface area contributed by atoms with E-state index in [1.165, 1.54) is 9.87 Å². The van der Waals surface area contributed by atoms with E-state index in [4.69, 9.17) is 4.74 Å². The first-order valence-corrected chi connectivity index (χ1v) is 11.9. The van der Waals surface area contributed by atoms with Crippen LogP contribution in [0.4, 0.5) is 0 Å². The fourth-order valence-corrected chi connectivity index (χ4v) is 5.03. The fourth-order valence-electron chi connectivity index (χ4n) is 3.54. The first-order chi connectivity index (χ1) is 15.0. The molecule has 0 unspecified atom stereocenters. The second-order valence-electron chi connectivity index (χ2n) is 7.54. The molecule has 0 aliphatic carbocycles. The van der Waals surface area contributed by atoms with Crippen LogP contribution in [0.5, 0.6) is 0 Å². The Morgan fingerprint density at radius 1 is 0.968 bits per heavy atom. The molecule has 0 radical (unpaired) electrons. The molecule has 1 fully saturated rings. The topological polar surface area (TPSA) is 92.8 Å². The van der Waals surface area contributed by atoms with Crippen LogP contribution < -0.4 is 5.32 Å². The number of carbonyl (C=O) groups excluding carboxylic acids is 2. The smallest absolute Gasteiger partial charge is 0.309 e. The van der Waals surface area contributed by atoms with Crippen molar-refractivity contribution in [2.24, 2.45) is 5.92 Å². The van der Waals surface area contributed by atoms with Gasteiger partial charge in [-0.15, -0.1) is 0 Å². The van der Waals surface area contributed by atoms with Gasteiger partial charge in [0, 0.05) is 19.6 Å². The Labute approximate surface area is 183 Å². The zero-order valence-corrected chi connectivity index (χ0v) is 18.2. The molecule has 0 aromatic heterocycles. The molecule has 2 aromatic carbocycles. The van der Waals surface area contributed by atoms with E-state index in [1.54, 1.807) is 30.3 Å². The van der Waals surface area contributed by atoms with Gasteiger partial charge in [0.1, 0.15) is 0 Å². The van der Waals surface area contributed by atoms with E-state index in [0.29, 0.717) is 19.4 Å². The standard InChI is InChI=1S/C23H28N2O5S/c26-22(24-15-7-10-19-8-3-1-4-9-19)18-30-23(27)20-13-16-25(17-14-20)31(28,29)21-11-5-2-6-12-21/h1-6,8-9,11-12,20H,7,10,13-18H2,(H,24,26). The molecule has 1 aliphatic rings. The monoisotopic (exact) mass is 444 g/mol. The fraction of sp³-hybridized carbons (Fsp3) is 0.391. The van der Waals surface area contributed by atoms with E-state index in [1.807, 2.05) is 30.3 Å². The van der Waals surface area contributed by atoms with Gasteiger partial charge in [0.05, 0.1) is 10.8 Å². The highest BCUT2D eigenvalue weighted by Crippen LogP contribution is 2.24. The van der Waals surface area contributed by atoms with Crippen molar-refractivity contribution < 1.29 is 22.7 Å². The predicted octanol–water partition coefficient (Wildman–Crippen LogP) is 2.38. The Bertz CT molecular complexity index is 956. The number of ether oxygens (including phenoxy) is 1. The van der Waals surface area contributed by atoms with Crippen LogP contribution >= 0.6 is 0 Å². The Kier molecular flexibility index (Phi) is 8.20. The lowest BCUT2D eigenvalue weighted by Gasteiger charge is -2.30. The molecule has 1 saturated heterocycles. The minimum atomic E-state index is -3.55. The van der Waals surface area contributed by atoms with Crippen molar-refractivity contribution >= 4 is 21.9 Å². The number of amides is 1. The molecule has 1 aliphatic heterocycles. The Balaban J connectivity index is 1.35. The normalized spacial score (nSPS) is 15.4. The average Bonchev–Trinajstić information content (AvgIpc) is 2.81. The first kappa shape index (κ1) is 23.0. The lowest BCUT2D eigenvalue weighted by atomic mass is 9.98. The molecule has 166 valence electrons. The lowest BCUT2D eigenvalue weighted by Crippen LogP contribution is -2.41. The summed E-state index contributed by atoms with van der Waals surface area (Å²) in [5, 5.41) is 2.75. The van der Waals surface area contributed by atoms with Gasteiger partial charge in [0.25, 0.3) is 5.91 Å². The van der Waals surface area contributed by atoms with E-state index in [-0.39, 0.29) is 30.5 Å². The summed E-state index contributed by atoms with van der Waals surface area (Å²) in [5.41, 5.74) is 1.21. The number of aryl methyl sites for hydroxylation is 1. The summed E-state index contributed by atoms with van der Waals surface area (Å²) in [5.74, 6) is -1.17. The van der Waals surface area contributed by atoms with E-state index in [0.717, 1.165) is 12.8 Å². The molecule has 1 N–H and O–H groups in total. The third-order valence-electron chi connectivity index (χ3n) is 5.32. The Morgan fingerprint density at radius 2 is 1.58 bits per heavy atom. The quantitative estimate of drug-likeness (QED) is 0.474. The van der Waals surface area contributed by atoms with Gasteiger partial charge >= 0.3 is 5.97 Å². The Hall–Kier alpha value is -2.71. The van der Waals surface area contributed by atoms with Crippen LogP contribution in [0.1, 0.15) is 24.8 Å². The van der Waals surface area contributed by atoms with Crippen LogP contribution in [0, 0.1) is 5.92 Å². The summed E-state index contributed by atoms with van der Waals surface area (Å²) in [6, 6.07) is 18.3.